The Morgan fingerprint density at radius 2 is 2.31 bits per heavy atom. The molecule has 0 radical (unpaired) electrons. The molecule has 16 heavy (non-hydrogen) atoms. The lowest BCUT2D eigenvalue weighted by Crippen LogP contribution is -2.49. The molecule has 1 amide bonds. The highest BCUT2D eigenvalue weighted by Gasteiger charge is 2.31. The van der Waals surface area contributed by atoms with Crippen LogP contribution in [0.25, 0.3) is 0 Å². The summed E-state index contributed by atoms with van der Waals surface area (Å²) in [5, 5.41) is 3.29. The summed E-state index contributed by atoms with van der Waals surface area (Å²) < 4.78 is 0. The van der Waals surface area contributed by atoms with Gasteiger partial charge in [-0.25, -0.2) is 0 Å². The van der Waals surface area contributed by atoms with Gasteiger partial charge in [0.25, 0.3) is 0 Å². The zero-order chi connectivity index (χ0) is 11.4. The third kappa shape index (κ3) is 2.72. The molecule has 2 fully saturated rings. The minimum Gasteiger partial charge on any atom is -0.338 e. The fourth-order valence-electron chi connectivity index (χ4n) is 2.65. The van der Waals surface area contributed by atoms with Gasteiger partial charge in [0.15, 0.2) is 0 Å². The number of carbonyl (C=O) groups is 1. The van der Waals surface area contributed by atoms with E-state index in [1.165, 1.54) is 25.7 Å². The summed E-state index contributed by atoms with van der Waals surface area (Å²) in [7, 11) is 0. The van der Waals surface area contributed by atoms with E-state index in [0.717, 1.165) is 24.6 Å². The molecule has 3 nitrogen and oxygen atoms in total. The summed E-state index contributed by atoms with van der Waals surface area (Å²) in [6, 6.07) is 0.569. The van der Waals surface area contributed by atoms with E-state index in [-0.39, 0.29) is 6.04 Å². The smallest absolute Gasteiger partial charge is 0.240 e. The molecular formula is C12H22N2OS. The summed E-state index contributed by atoms with van der Waals surface area (Å²) in [6.07, 6.45) is 6.05. The minimum atomic E-state index is 0.0807. The van der Waals surface area contributed by atoms with Gasteiger partial charge in [-0.15, -0.1) is 11.8 Å². The Hall–Kier alpha value is -0.220. The van der Waals surface area contributed by atoms with Crippen molar-refractivity contribution < 1.29 is 4.79 Å². The maximum absolute atomic E-state index is 12.4. The number of rotatable bonds is 2. The molecule has 2 aliphatic heterocycles. The van der Waals surface area contributed by atoms with Crippen molar-refractivity contribution in [1.82, 2.24) is 10.2 Å². The number of thioether (sulfide) groups is 1. The molecular weight excluding hydrogens is 220 g/mol. The summed E-state index contributed by atoms with van der Waals surface area (Å²) in [5.41, 5.74) is 0. The molecule has 2 aliphatic rings. The predicted molar refractivity (Wildman–Crippen MR) is 68.5 cm³/mol. The normalized spacial score (nSPS) is 31.4. The summed E-state index contributed by atoms with van der Waals surface area (Å²) >= 11 is 1.83. The van der Waals surface area contributed by atoms with Crippen molar-refractivity contribution in [2.45, 2.75) is 51.1 Å². The first-order valence-electron chi connectivity index (χ1n) is 6.44. The number of likely N-dealkylation sites (tertiary alicyclic amines) is 1. The number of nitrogens with zero attached hydrogens (tertiary/aromatic N) is 1. The van der Waals surface area contributed by atoms with E-state index in [0.29, 0.717) is 11.9 Å². The fourth-order valence-corrected chi connectivity index (χ4v) is 3.58. The molecule has 0 bridgehead atoms. The minimum absolute atomic E-state index is 0.0807. The molecule has 92 valence electrons. The molecule has 4 heteroatoms. The molecule has 2 atom stereocenters. The van der Waals surface area contributed by atoms with E-state index >= 15 is 0 Å². The van der Waals surface area contributed by atoms with Crippen molar-refractivity contribution in [3.8, 4) is 0 Å². The van der Waals surface area contributed by atoms with Gasteiger partial charge in [0.05, 0.1) is 6.04 Å². The molecule has 0 saturated carbocycles. The van der Waals surface area contributed by atoms with E-state index in [1.807, 2.05) is 11.8 Å². The largest absolute Gasteiger partial charge is 0.338 e. The number of hydrogen-bond donors (Lipinski definition) is 1. The average Bonchev–Trinajstić information content (AvgIpc) is 2.73. The lowest BCUT2D eigenvalue weighted by Gasteiger charge is -2.31. The van der Waals surface area contributed by atoms with Crippen molar-refractivity contribution >= 4 is 17.7 Å². The van der Waals surface area contributed by atoms with Gasteiger partial charge in [0.1, 0.15) is 0 Å². The second-order valence-electron chi connectivity index (χ2n) is 4.71. The molecule has 0 aromatic heterocycles. The molecule has 2 rings (SSSR count). The Kier molecular flexibility index (Phi) is 4.53. The summed E-state index contributed by atoms with van der Waals surface area (Å²) in [6.45, 7) is 3.17. The van der Waals surface area contributed by atoms with Crippen LogP contribution in [0.5, 0.6) is 0 Å². The van der Waals surface area contributed by atoms with Crippen LogP contribution < -0.4 is 5.32 Å². The third-order valence-corrected chi connectivity index (χ3v) is 4.59. The number of nitrogens with one attached hydrogen (secondary N) is 1. The maximum Gasteiger partial charge on any atom is 0.240 e. The highest BCUT2D eigenvalue weighted by molar-refractivity contribution is 7.99. The van der Waals surface area contributed by atoms with Gasteiger partial charge in [-0.1, -0.05) is 19.8 Å². The zero-order valence-electron chi connectivity index (χ0n) is 10.1. The first-order chi connectivity index (χ1) is 7.83. The Morgan fingerprint density at radius 1 is 1.44 bits per heavy atom. The van der Waals surface area contributed by atoms with Crippen molar-refractivity contribution in [2.24, 2.45) is 0 Å². The quantitative estimate of drug-likeness (QED) is 0.802. The van der Waals surface area contributed by atoms with Gasteiger partial charge >= 0.3 is 0 Å². The van der Waals surface area contributed by atoms with Crippen LogP contribution >= 0.6 is 11.8 Å². The summed E-state index contributed by atoms with van der Waals surface area (Å²) in [5.74, 6) is 2.23. The Labute approximate surface area is 102 Å². The average molecular weight is 242 g/mol. The highest BCUT2D eigenvalue weighted by Crippen LogP contribution is 2.21. The van der Waals surface area contributed by atoms with E-state index in [2.05, 4.69) is 17.1 Å². The van der Waals surface area contributed by atoms with Crippen LogP contribution in [0.2, 0.25) is 0 Å². The van der Waals surface area contributed by atoms with Crippen molar-refractivity contribution in [3.63, 3.8) is 0 Å². The second kappa shape index (κ2) is 5.92. The van der Waals surface area contributed by atoms with Gasteiger partial charge < -0.3 is 4.90 Å². The summed E-state index contributed by atoms with van der Waals surface area (Å²) in [4.78, 5) is 14.5. The van der Waals surface area contributed by atoms with Crippen LogP contribution in [-0.2, 0) is 4.79 Å². The molecule has 0 spiro atoms. The lowest BCUT2D eigenvalue weighted by molar-refractivity contribution is -0.135. The monoisotopic (exact) mass is 242 g/mol. The standard InChI is InChI=1S/C12H22N2OS/c1-2-10-6-4-3-5-7-14(10)12(15)11-8-16-9-13-11/h10-11,13H,2-9H2,1H3. The fraction of sp³-hybridized carbons (Fsp3) is 0.917. The Balaban J connectivity index is 2.00. The van der Waals surface area contributed by atoms with Crippen LogP contribution in [0.4, 0.5) is 0 Å². The number of amides is 1. The van der Waals surface area contributed by atoms with Gasteiger partial charge in [-0.05, 0) is 19.3 Å². The topological polar surface area (TPSA) is 32.3 Å². The zero-order valence-corrected chi connectivity index (χ0v) is 10.9. The van der Waals surface area contributed by atoms with Gasteiger partial charge in [-0.2, -0.15) is 0 Å². The maximum atomic E-state index is 12.4. The van der Waals surface area contributed by atoms with E-state index < -0.39 is 0 Å². The van der Waals surface area contributed by atoms with Crippen LogP contribution in [0, 0.1) is 0 Å². The van der Waals surface area contributed by atoms with Gasteiger partial charge in [0, 0.05) is 24.2 Å². The first kappa shape index (κ1) is 12.2. The van der Waals surface area contributed by atoms with Crippen LogP contribution in [0.3, 0.4) is 0 Å². The second-order valence-corrected chi connectivity index (χ2v) is 5.75. The number of carbonyl (C=O) groups excluding carboxylic acids is 1. The molecule has 0 aromatic rings. The molecule has 2 heterocycles. The molecule has 2 saturated heterocycles. The Bertz CT molecular complexity index is 241. The lowest BCUT2D eigenvalue weighted by atomic mass is 10.1. The SMILES string of the molecule is CCC1CCCCCN1C(=O)C1CSCN1. The molecule has 2 unspecified atom stereocenters. The van der Waals surface area contributed by atoms with Crippen molar-refractivity contribution in [1.29, 1.82) is 0 Å². The van der Waals surface area contributed by atoms with E-state index in [9.17, 15) is 4.79 Å². The van der Waals surface area contributed by atoms with E-state index in [4.69, 9.17) is 0 Å². The van der Waals surface area contributed by atoms with Crippen LogP contribution in [0.15, 0.2) is 0 Å². The Morgan fingerprint density at radius 3 is 3.00 bits per heavy atom. The van der Waals surface area contributed by atoms with E-state index in [1.54, 1.807) is 0 Å². The predicted octanol–water partition coefficient (Wildman–Crippen LogP) is 1.83. The van der Waals surface area contributed by atoms with Gasteiger partial charge in [-0.3, -0.25) is 10.1 Å². The number of hydrogen-bond acceptors (Lipinski definition) is 3. The first-order valence-corrected chi connectivity index (χ1v) is 7.60. The molecule has 1 N–H and O–H groups in total. The highest BCUT2D eigenvalue weighted by atomic mass is 32.2. The van der Waals surface area contributed by atoms with Crippen LogP contribution in [0.1, 0.15) is 39.0 Å². The van der Waals surface area contributed by atoms with Crippen molar-refractivity contribution in [2.75, 3.05) is 18.2 Å². The van der Waals surface area contributed by atoms with Gasteiger partial charge in [0.2, 0.25) is 5.91 Å². The molecule has 0 aliphatic carbocycles. The van der Waals surface area contributed by atoms with Crippen molar-refractivity contribution in [3.05, 3.63) is 0 Å². The molecule has 0 aromatic carbocycles. The van der Waals surface area contributed by atoms with Crippen LogP contribution in [-0.4, -0.2) is 41.1 Å². The third-order valence-electron chi connectivity index (χ3n) is 3.65.